The first-order chi connectivity index (χ1) is 7.95. The number of hydrogen-bond donors (Lipinski definition) is 0. The number of aryl methyl sites for hydroxylation is 1. The van der Waals surface area contributed by atoms with Gasteiger partial charge in [0.2, 0.25) is 0 Å². The highest BCUT2D eigenvalue weighted by atomic mass is 32.1. The quantitative estimate of drug-likeness (QED) is 0.760. The SMILES string of the molecule is COC(=O)c1sc(N(C)CCC(C)C)nc1C. The average molecular weight is 256 g/mol. The van der Waals surface area contributed by atoms with Crippen molar-refractivity contribution in [3.8, 4) is 0 Å². The fourth-order valence-electron chi connectivity index (χ4n) is 1.38. The number of nitrogens with zero attached hydrogens (tertiary/aromatic N) is 2. The zero-order valence-corrected chi connectivity index (χ0v) is 11.9. The molecule has 0 spiro atoms. The van der Waals surface area contributed by atoms with Crippen LogP contribution in [0, 0.1) is 12.8 Å². The molecule has 0 aliphatic heterocycles. The van der Waals surface area contributed by atoms with E-state index in [0.29, 0.717) is 10.8 Å². The van der Waals surface area contributed by atoms with Crippen LogP contribution in [0.4, 0.5) is 5.13 Å². The van der Waals surface area contributed by atoms with E-state index in [1.807, 2.05) is 14.0 Å². The molecule has 0 unspecified atom stereocenters. The molecule has 0 bridgehead atoms. The van der Waals surface area contributed by atoms with Crippen molar-refractivity contribution in [3.05, 3.63) is 10.6 Å². The first-order valence-corrected chi connectivity index (χ1v) is 6.54. The lowest BCUT2D eigenvalue weighted by atomic mass is 10.1. The molecule has 1 rings (SSSR count). The number of aromatic nitrogens is 1. The predicted molar refractivity (Wildman–Crippen MR) is 70.9 cm³/mol. The number of ether oxygens (including phenoxy) is 1. The van der Waals surface area contributed by atoms with E-state index < -0.39 is 0 Å². The van der Waals surface area contributed by atoms with Gasteiger partial charge in [0.1, 0.15) is 4.88 Å². The number of methoxy groups -OCH3 is 1. The van der Waals surface area contributed by atoms with E-state index in [-0.39, 0.29) is 5.97 Å². The molecule has 96 valence electrons. The summed E-state index contributed by atoms with van der Waals surface area (Å²) in [6.07, 6.45) is 1.11. The molecular formula is C12H20N2O2S. The van der Waals surface area contributed by atoms with Crippen LogP contribution in [0.5, 0.6) is 0 Å². The standard InChI is InChI=1S/C12H20N2O2S/c1-8(2)6-7-14(4)12-13-9(3)10(17-12)11(15)16-5/h8H,6-7H2,1-5H3. The third-order valence-electron chi connectivity index (χ3n) is 2.52. The lowest BCUT2D eigenvalue weighted by molar-refractivity contribution is 0.0605. The van der Waals surface area contributed by atoms with Crippen molar-refractivity contribution in [1.29, 1.82) is 0 Å². The highest BCUT2D eigenvalue weighted by molar-refractivity contribution is 7.17. The van der Waals surface area contributed by atoms with Crippen molar-refractivity contribution in [3.63, 3.8) is 0 Å². The Labute approximate surface area is 107 Å². The number of carbonyl (C=O) groups excluding carboxylic acids is 1. The van der Waals surface area contributed by atoms with Gasteiger partial charge in [0, 0.05) is 13.6 Å². The number of hydrogen-bond acceptors (Lipinski definition) is 5. The Kier molecular flexibility index (Phi) is 4.93. The topological polar surface area (TPSA) is 42.4 Å². The number of esters is 1. The van der Waals surface area contributed by atoms with Crippen molar-refractivity contribution >= 4 is 22.4 Å². The molecule has 0 aliphatic rings. The van der Waals surface area contributed by atoms with Crippen LogP contribution in [0.25, 0.3) is 0 Å². The van der Waals surface area contributed by atoms with E-state index in [0.717, 1.165) is 23.8 Å². The summed E-state index contributed by atoms with van der Waals surface area (Å²) >= 11 is 1.39. The Balaban J connectivity index is 2.75. The summed E-state index contributed by atoms with van der Waals surface area (Å²) in [5.74, 6) is 0.363. The third-order valence-corrected chi connectivity index (χ3v) is 3.78. The number of carbonyl (C=O) groups is 1. The monoisotopic (exact) mass is 256 g/mol. The second kappa shape index (κ2) is 6.00. The Morgan fingerprint density at radius 2 is 2.18 bits per heavy atom. The predicted octanol–water partition coefficient (Wildman–Crippen LogP) is 2.72. The third kappa shape index (κ3) is 3.70. The van der Waals surface area contributed by atoms with Gasteiger partial charge in [-0.3, -0.25) is 0 Å². The molecule has 0 saturated carbocycles. The Bertz CT molecular complexity index is 388. The summed E-state index contributed by atoms with van der Waals surface area (Å²) < 4.78 is 4.72. The minimum absolute atomic E-state index is 0.302. The molecule has 0 radical (unpaired) electrons. The van der Waals surface area contributed by atoms with E-state index >= 15 is 0 Å². The zero-order chi connectivity index (χ0) is 13.0. The maximum Gasteiger partial charge on any atom is 0.350 e. The molecule has 0 atom stereocenters. The van der Waals surface area contributed by atoms with E-state index in [1.165, 1.54) is 18.4 Å². The van der Waals surface area contributed by atoms with E-state index in [2.05, 4.69) is 23.7 Å². The number of rotatable bonds is 5. The number of anilines is 1. The summed E-state index contributed by atoms with van der Waals surface area (Å²) in [7, 11) is 3.39. The van der Waals surface area contributed by atoms with Crippen molar-refractivity contribution < 1.29 is 9.53 Å². The molecule has 0 aromatic carbocycles. The van der Waals surface area contributed by atoms with Crippen LogP contribution < -0.4 is 4.90 Å². The van der Waals surface area contributed by atoms with Crippen molar-refractivity contribution in [2.24, 2.45) is 5.92 Å². The number of thiazole rings is 1. The first kappa shape index (κ1) is 14.0. The molecular weight excluding hydrogens is 236 g/mol. The molecule has 0 amide bonds. The maximum absolute atomic E-state index is 11.5. The second-order valence-corrected chi connectivity index (χ2v) is 5.48. The van der Waals surface area contributed by atoms with Gasteiger partial charge in [0.15, 0.2) is 5.13 Å². The lowest BCUT2D eigenvalue weighted by Gasteiger charge is -2.16. The molecule has 17 heavy (non-hydrogen) atoms. The summed E-state index contributed by atoms with van der Waals surface area (Å²) in [5.41, 5.74) is 0.744. The van der Waals surface area contributed by atoms with Crippen LogP contribution in [-0.2, 0) is 4.74 Å². The zero-order valence-electron chi connectivity index (χ0n) is 11.1. The minimum atomic E-state index is -0.302. The molecule has 1 heterocycles. The van der Waals surface area contributed by atoms with Gasteiger partial charge in [-0.25, -0.2) is 9.78 Å². The van der Waals surface area contributed by atoms with Crippen LogP contribution in [0.15, 0.2) is 0 Å². The summed E-state index contributed by atoms with van der Waals surface area (Å²) in [6, 6.07) is 0. The fraction of sp³-hybridized carbons (Fsp3) is 0.667. The molecule has 0 aliphatic carbocycles. The fourth-order valence-corrected chi connectivity index (χ4v) is 2.35. The molecule has 5 heteroatoms. The van der Waals surface area contributed by atoms with Gasteiger partial charge >= 0.3 is 5.97 Å². The highest BCUT2D eigenvalue weighted by Crippen LogP contribution is 2.26. The Hall–Kier alpha value is -1.10. The average Bonchev–Trinajstić information content (AvgIpc) is 2.67. The van der Waals surface area contributed by atoms with Gasteiger partial charge < -0.3 is 9.64 Å². The molecule has 0 N–H and O–H groups in total. The smallest absolute Gasteiger partial charge is 0.350 e. The van der Waals surface area contributed by atoms with Gasteiger partial charge in [-0.15, -0.1) is 0 Å². The molecule has 4 nitrogen and oxygen atoms in total. The van der Waals surface area contributed by atoms with Crippen molar-refractivity contribution in [2.45, 2.75) is 27.2 Å². The van der Waals surface area contributed by atoms with Gasteiger partial charge in [-0.2, -0.15) is 0 Å². The molecule has 0 saturated heterocycles. The Morgan fingerprint density at radius 1 is 1.53 bits per heavy atom. The van der Waals surface area contributed by atoms with Gasteiger partial charge in [0.25, 0.3) is 0 Å². The second-order valence-electron chi connectivity index (χ2n) is 4.51. The summed E-state index contributed by atoms with van der Waals surface area (Å²) in [6.45, 7) is 7.18. The Morgan fingerprint density at radius 3 is 2.71 bits per heavy atom. The van der Waals surface area contributed by atoms with Crippen LogP contribution in [0.2, 0.25) is 0 Å². The molecule has 1 aromatic rings. The highest BCUT2D eigenvalue weighted by Gasteiger charge is 2.17. The summed E-state index contributed by atoms with van der Waals surface area (Å²) in [4.78, 5) is 18.6. The van der Waals surface area contributed by atoms with Gasteiger partial charge in [0.05, 0.1) is 12.8 Å². The van der Waals surface area contributed by atoms with E-state index in [4.69, 9.17) is 4.74 Å². The lowest BCUT2D eigenvalue weighted by Crippen LogP contribution is -2.19. The largest absolute Gasteiger partial charge is 0.465 e. The molecule has 0 fully saturated rings. The van der Waals surface area contributed by atoms with Gasteiger partial charge in [-0.1, -0.05) is 25.2 Å². The summed E-state index contributed by atoms with van der Waals surface area (Å²) in [5, 5.41) is 0.878. The van der Waals surface area contributed by atoms with Crippen LogP contribution in [0.1, 0.15) is 35.6 Å². The van der Waals surface area contributed by atoms with Crippen LogP contribution in [0.3, 0.4) is 0 Å². The van der Waals surface area contributed by atoms with Crippen LogP contribution >= 0.6 is 11.3 Å². The molecule has 1 aromatic heterocycles. The van der Waals surface area contributed by atoms with Crippen molar-refractivity contribution in [1.82, 2.24) is 4.98 Å². The van der Waals surface area contributed by atoms with E-state index in [1.54, 1.807) is 0 Å². The van der Waals surface area contributed by atoms with E-state index in [9.17, 15) is 4.79 Å². The maximum atomic E-state index is 11.5. The van der Waals surface area contributed by atoms with Crippen LogP contribution in [-0.4, -0.2) is 31.7 Å². The van der Waals surface area contributed by atoms with Crippen molar-refractivity contribution in [2.75, 3.05) is 25.6 Å². The van der Waals surface area contributed by atoms with Gasteiger partial charge in [-0.05, 0) is 19.3 Å². The normalized spacial score (nSPS) is 10.7. The first-order valence-electron chi connectivity index (χ1n) is 5.72. The minimum Gasteiger partial charge on any atom is -0.465 e.